The molecule has 1 aliphatic heterocycles. The molecule has 0 spiro atoms. The van der Waals surface area contributed by atoms with Gasteiger partial charge < -0.3 is 5.32 Å². The van der Waals surface area contributed by atoms with Crippen LogP contribution in [-0.4, -0.2) is 23.4 Å². The minimum atomic E-state index is -1.11. The highest BCUT2D eigenvalue weighted by atomic mass is 16.2. The highest BCUT2D eigenvalue weighted by molar-refractivity contribution is 6.07. The number of nitrogens with one attached hydrogen (secondary N) is 1. The molecular weight excluding hydrogens is 316 g/mol. The average Bonchev–Trinajstić information content (AvgIpc) is 3.16. The fraction of sp³-hybridized carbons (Fsp3) is 0.474. The SMILES string of the molecule is C[C@@]1(c2ccc3c(c2)CCC3)NC(=O)N(C[C@H](C#N)CCC#N)C1=O. The second-order valence-corrected chi connectivity index (χ2v) is 6.83. The molecule has 128 valence electrons. The smallest absolute Gasteiger partial charge is 0.319 e. The molecule has 0 unspecified atom stereocenters. The number of carbonyl (C=O) groups excluding carboxylic acids is 2. The van der Waals surface area contributed by atoms with Crippen molar-refractivity contribution in [3.63, 3.8) is 0 Å². The predicted molar refractivity (Wildman–Crippen MR) is 90.0 cm³/mol. The third-order valence-electron chi connectivity index (χ3n) is 5.14. The number of imide groups is 1. The molecule has 1 heterocycles. The number of fused-ring (bicyclic) bond motifs is 1. The molecule has 0 saturated carbocycles. The number of benzene rings is 1. The fourth-order valence-electron chi connectivity index (χ4n) is 3.60. The number of hydrogen-bond acceptors (Lipinski definition) is 4. The quantitative estimate of drug-likeness (QED) is 0.835. The van der Waals surface area contributed by atoms with Gasteiger partial charge in [0.15, 0.2) is 0 Å². The molecular formula is C19H20N4O2. The third kappa shape index (κ3) is 2.96. The van der Waals surface area contributed by atoms with Gasteiger partial charge in [0.1, 0.15) is 5.54 Å². The van der Waals surface area contributed by atoms with Crippen LogP contribution in [0.2, 0.25) is 0 Å². The van der Waals surface area contributed by atoms with E-state index in [1.54, 1.807) is 6.92 Å². The van der Waals surface area contributed by atoms with Crippen LogP contribution in [0.15, 0.2) is 18.2 Å². The van der Waals surface area contributed by atoms with Crippen molar-refractivity contribution < 1.29 is 9.59 Å². The minimum absolute atomic E-state index is 0.0172. The summed E-state index contributed by atoms with van der Waals surface area (Å²) in [4.78, 5) is 26.4. The first-order valence-electron chi connectivity index (χ1n) is 8.52. The average molecular weight is 336 g/mol. The van der Waals surface area contributed by atoms with Gasteiger partial charge in [-0.3, -0.25) is 9.69 Å². The number of rotatable bonds is 5. The highest BCUT2D eigenvalue weighted by Gasteiger charge is 2.49. The Morgan fingerprint density at radius 1 is 1.28 bits per heavy atom. The standard InChI is InChI=1S/C19H20N4O2/c1-19(16-8-7-14-5-2-6-15(14)10-16)17(24)23(18(25)22-19)12-13(11-21)4-3-9-20/h7-8,10,13H,2-6,12H2,1H3,(H,22,25)/t13-,19-/m0/s1. The number of carbonyl (C=O) groups is 2. The van der Waals surface area contributed by atoms with E-state index in [0.29, 0.717) is 6.42 Å². The summed E-state index contributed by atoms with van der Waals surface area (Å²) in [6.45, 7) is 1.73. The molecule has 1 aliphatic carbocycles. The van der Waals surface area contributed by atoms with E-state index < -0.39 is 17.5 Å². The monoisotopic (exact) mass is 336 g/mol. The van der Waals surface area contributed by atoms with Gasteiger partial charge in [-0.15, -0.1) is 0 Å². The van der Waals surface area contributed by atoms with Crippen LogP contribution >= 0.6 is 0 Å². The van der Waals surface area contributed by atoms with Crippen molar-refractivity contribution in [2.75, 3.05) is 6.54 Å². The normalized spacial score (nSPS) is 22.9. The Kier molecular flexibility index (Phi) is 4.46. The Labute approximate surface area is 147 Å². The Balaban J connectivity index is 1.82. The van der Waals surface area contributed by atoms with Crippen LogP contribution in [-0.2, 0) is 23.2 Å². The Morgan fingerprint density at radius 2 is 2.04 bits per heavy atom. The molecule has 2 aliphatic rings. The van der Waals surface area contributed by atoms with Gasteiger partial charge in [0.2, 0.25) is 0 Å². The highest BCUT2D eigenvalue weighted by Crippen LogP contribution is 2.33. The molecule has 6 nitrogen and oxygen atoms in total. The summed E-state index contributed by atoms with van der Waals surface area (Å²) in [5.41, 5.74) is 2.22. The summed E-state index contributed by atoms with van der Waals surface area (Å²) < 4.78 is 0. The maximum absolute atomic E-state index is 12.9. The number of aryl methyl sites for hydroxylation is 2. The molecule has 1 aromatic rings. The van der Waals surface area contributed by atoms with Gasteiger partial charge in [0.25, 0.3) is 5.91 Å². The van der Waals surface area contributed by atoms with Gasteiger partial charge in [-0.2, -0.15) is 10.5 Å². The van der Waals surface area contributed by atoms with Crippen LogP contribution < -0.4 is 5.32 Å². The molecule has 3 rings (SSSR count). The van der Waals surface area contributed by atoms with E-state index >= 15 is 0 Å². The predicted octanol–water partition coefficient (Wildman–Crippen LogP) is 2.39. The lowest BCUT2D eigenvalue weighted by molar-refractivity contribution is -0.131. The molecule has 6 heteroatoms. The Morgan fingerprint density at radius 3 is 2.76 bits per heavy atom. The van der Waals surface area contributed by atoms with Crippen LogP contribution in [0.1, 0.15) is 42.9 Å². The Bertz CT molecular complexity index is 805. The first-order valence-corrected chi connectivity index (χ1v) is 8.52. The number of urea groups is 1. The largest absolute Gasteiger partial charge is 0.325 e. The molecule has 1 aromatic carbocycles. The van der Waals surface area contributed by atoms with Crippen molar-refractivity contribution in [3.05, 3.63) is 34.9 Å². The lowest BCUT2D eigenvalue weighted by Crippen LogP contribution is -2.41. The van der Waals surface area contributed by atoms with E-state index in [2.05, 4.69) is 11.4 Å². The van der Waals surface area contributed by atoms with E-state index in [9.17, 15) is 14.9 Å². The van der Waals surface area contributed by atoms with Crippen LogP contribution in [0.25, 0.3) is 0 Å². The van der Waals surface area contributed by atoms with Crippen molar-refractivity contribution in [2.24, 2.45) is 5.92 Å². The molecule has 0 radical (unpaired) electrons. The van der Waals surface area contributed by atoms with Gasteiger partial charge in [-0.05, 0) is 49.3 Å². The van der Waals surface area contributed by atoms with E-state index in [1.165, 1.54) is 11.1 Å². The van der Waals surface area contributed by atoms with Gasteiger partial charge in [0, 0.05) is 13.0 Å². The first kappa shape index (κ1) is 17.0. The van der Waals surface area contributed by atoms with Gasteiger partial charge in [-0.1, -0.05) is 18.2 Å². The van der Waals surface area contributed by atoms with Crippen molar-refractivity contribution in [2.45, 2.75) is 44.6 Å². The van der Waals surface area contributed by atoms with Crippen molar-refractivity contribution >= 4 is 11.9 Å². The zero-order valence-electron chi connectivity index (χ0n) is 14.2. The second-order valence-electron chi connectivity index (χ2n) is 6.83. The van der Waals surface area contributed by atoms with E-state index in [0.717, 1.165) is 29.7 Å². The number of amides is 3. The zero-order valence-corrected chi connectivity index (χ0v) is 14.2. The molecule has 25 heavy (non-hydrogen) atoms. The topological polar surface area (TPSA) is 97.0 Å². The van der Waals surface area contributed by atoms with E-state index in [-0.39, 0.29) is 18.9 Å². The lowest BCUT2D eigenvalue weighted by atomic mass is 9.89. The van der Waals surface area contributed by atoms with E-state index in [1.807, 2.05) is 24.3 Å². The van der Waals surface area contributed by atoms with Gasteiger partial charge in [-0.25, -0.2) is 4.79 Å². The molecule has 1 fully saturated rings. The maximum atomic E-state index is 12.9. The Hall–Kier alpha value is -2.86. The van der Waals surface area contributed by atoms with Crippen LogP contribution in [0.4, 0.5) is 4.79 Å². The number of nitriles is 2. The molecule has 0 aromatic heterocycles. The van der Waals surface area contributed by atoms with Crippen LogP contribution in [0.5, 0.6) is 0 Å². The molecule has 0 bridgehead atoms. The minimum Gasteiger partial charge on any atom is -0.319 e. The lowest BCUT2D eigenvalue weighted by Gasteiger charge is -2.23. The number of nitrogens with zero attached hydrogens (tertiary/aromatic N) is 3. The summed E-state index contributed by atoms with van der Waals surface area (Å²) in [7, 11) is 0. The fourth-order valence-corrected chi connectivity index (χ4v) is 3.60. The van der Waals surface area contributed by atoms with Crippen molar-refractivity contribution in [1.82, 2.24) is 10.2 Å². The van der Waals surface area contributed by atoms with E-state index in [4.69, 9.17) is 5.26 Å². The second kappa shape index (κ2) is 6.57. The summed E-state index contributed by atoms with van der Waals surface area (Å²) in [5, 5.41) is 20.7. The summed E-state index contributed by atoms with van der Waals surface area (Å²) in [5.74, 6) is -0.871. The van der Waals surface area contributed by atoms with Gasteiger partial charge in [0.05, 0.1) is 18.1 Å². The zero-order chi connectivity index (χ0) is 18.0. The molecule has 1 N–H and O–H groups in total. The van der Waals surface area contributed by atoms with Crippen molar-refractivity contribution in [1.29, 1.82) is 10.5 Å². The number of hydrogen-bond donors (Lipinski definition) is 1. The summed E-state index contributed by atoms with van der Waals surface area (Å²) >= 11 is 0. The van der Waals surface area contributed by atoms with Crippen LogP contribution in [0, 0.1) is 28.6 Å². The molecule has 3 amide bonds. The summed E-state index contributed by atoms with van der Waals surface area (Å²) in [6, 6.07) is 9.55. The molecule has 1 saturated heterocycles. The van der Waals surface area contributed by atoms with Gasteiger partial charge >= 0.3 is 6.03 Å². The molecule has 2 atom stereocenters. The van der Waals surface area contributed by atoms with Crippen molar-refractivity contribution in [3.8, 4) is 12.1 Å². The maximum Gasteiger partial charge on any atom is 0.325 e. The first-order chi connectivity index (χ1) is 12.0. The third-order valence-corrected chi connectivity index (χ3v) is 5.14. The van der Waals surface area contributed by atoms with Crippen LogP contribution in [0.3, 0.4) is 0 Å². The summed E-state index contributed by atoms with van der Waals surface area (Å²) in [6.07, 6.45) is 3.74.